The van der Waals surface area contributed by atoms with Gasteiger partial charge in [-0.1, -0.05) is 6.07 Å². The van der Waals surface area contributed by atoms with Crippen molar-refractivity contribution in [2.75, 3.05) is 0 Å². The lowest BCUT2D eigenvalue weighted by Gasteiger charge is -2.08. The van der Waals surface area contributed by atoms with Gasteiger partial charge in [-0.2, -0.15) is 5.26 Å². The lowest BCUT2D eigenvalue weighted by molar-refractivity contribution is -0.115. The van der Waals surface area contributed by atoms with E-state index in [1.54, 1.807) is 12.3 Å². The molecule has 0 spiro atoms. The largest absolute Gasteiger partial charge is 0.351 e. The van der Waals surface area contributed by atoms with E-state index in [9.17, 15) is 9.59 Å². The molecule has 0 aromatic carbocycles. The number of primary amides is 1. The van der Waals surface area contributed by atoms with Crippen molar-refractivity contribution in [3.05, 3.63) is 52.5 Å². The Hall–Kier alpha value is -3.40. The van der Waals surface area contributed by atoms with E-state index in [-0.39, 0.29) is 5.57 Å². The summed E-state index contributed by atoms with van der Waals surface area (Å²) in [6, 6.07) is 6.46. The van der Waals surface area contributed by atoms with Crippen molar-refractivity contribution in [2.24, 2.45) is 5.73 Å². The summed E-state index contributed by atoms with van der Waals surface area (Å²) < 4.78 is 1.92. The van der Waals surface area contributed by atoms with E-state index < -0.39 is 11.9 Å². The third-order valence-electron chi connectivity index (χ3n) is 3.50. The van der Waals surface area contributed by atoms with Crippen LogP contribution < -0.4 is 11.1 Å². The number of amides is 3. The lowest BCUT2D eigenvalue weighted by atomic mass is 10.1. The lowest BCUT2D eigenvalue weighted by Crippen LogP contribution is -2.35. The maximum absolute atomic E-state index is 11.8. The van der Waals surface area contributed by atoms with Gasteiger partial charge in [0.05, 0.1) is 0 Å². The molecule has 2 heterocycles. The van der Waals surface area contributed by atoms with Gasteiger partial charge in [-0.05, 0) is 50.1 Å². The summed E-state index contributed by atoms with van der Waals surface area (Å²) in [5.74, 6) is -0.0846. The Morgan fingerprint density at radius 2 is 2.04 bits per heavy atom. The van der Waals surface area contributed by atoms with Crippen LogP contribution in [-0.4, -0.2) is 21.5 Å². The van der Waals surface area contributed by atoms with Crippen molar-refractivity contribution in [3.63, 3.8) is 0 Å². The quantitative estimate of drug-likeness (QED) is 0.663. The topological polar surface area (TPSA) is 114 Å². The first-order chi connectivity index (χ1) is 11.3. The average molecular weight is 323 g/mol. The van der Waals surface area contributed by atoms with Gasteiger partial charge in [0, 0.05) is 17.6 Å². The summed E-state index contributed by atoms with van der Waals surface area (Å²) in [4.78, 5) is 26.9. The van der Waals surface area contributed by atoms with Crippen molar-refractivity contribution in [1.82, 2.24) is 14.9 Å². The number of hydrogen-bond donors (Lipinski definition) is 2. The molecule has 24 heavy (non-hydrogen) atoms. The minimum absolute atomic E-state index is 0.203. The van der Waals surface area contributed by atoms with Crippen molar-refractivity contribution >= 4 is 18.0 Å². The minimum atomic E-state index is -1.00. The van der Waals surface area contributed by atoms with Crippen LogP contribution in [0.4, 0.5) is 4.79 Å². The van der Waals surface area contributed by atoms with E-state index in [4.69, 9.17) is 11.0 Å². The molecule has 122 valence electrons. The molecule has 7 heteroatoms. The van der Waals surface area contributed by atoms with Gasteiger partial charge >= 0.3 is 6.03 Å². The van der Waals surface area contributed by atoms with E-state index in [0.717, 1.165) is 22.8 Å². The van der Waals surface area contributed by atoms with Crippen LogP contribution in [0, 0.1) is 32.1 Å². The molecule has 0 aliphatic rings. The van der Waals surface area contributed by atoms with E-state index in [1.807, 2.05) is 48.9 Å². The van der Waals surface area contributed by atoms with Crippen LogP contribution in [0.15, 0.2) is 30.0 Å². The molecule has 2 aromatic heterocycles. The van der Waals surface area contributed by atoms with Gasteiger partial charge in [-0.15, -0.1) is 0 Å². The highest BCUT2D eigenvalue weighted by Crippen LogP contribution is 2.22. The third kappa shape index (κ3) is 3.50. The molecule has 0 aliphatic heterocycles. The summed E-state index contributed by atoms with van der Waals surface area (Å²) in [6.45, 7) is 5.72. The number of imide groups is 1. The predicted molar refractivity (Wildman–Crippen MR) is 89.1 cm³/mol. The maximum atomic E-state index is 11.8. The molecule has 2 rings (SSSR count). The van der Waals surface area contributed by atoms with Crippen LogP contribution in [0.5, 0.6) is 0 Å². The average Bonchev–Trinajstić information content (AvgIpc) is 2.79. The van der Waals surface area contributed by atoms with Crippen molar-refractivity contribution < 1.29 is 9.59 Å². The van der Waals surface area contributed by atoms with Crippen LogP contribution in [-0.2, 0) is 4.79 Å². The highest BCUT2D eigenvalue weighted by atomic mass is 16.2. The zero-order chi connectivity index (χ0) is 17.9. The van der Waals surface area contributed by atoms with Crippen LogP contribution >= 0.6 is 0 Å². The second-order valence-corrected chi connectivity index (χ2v) is 5.34. The number of hydrogen-bond acceptors (Lipinski definition) is 4. The Morgan fingerprint density at radius 1 is 1.33 bits per heavy atom. The summed E-state index contributed by atoms with van der Waals surface area (Å²) in [7, 11) is 0. The van der Waals surface area contributed by atoms with Gasteiger partial charge in [0.25, 0.3) is 5.91 Å². The van der Waals surface area contributed by atoms with Gasteiger partial charge < -0.3 is 10.3 Å². The Morgan fingerprint density at radius 3 is 2.58 bits per heavy atom. The van der Waals surface area contributed by atoms with Crippen LogP contribution in [0.1, 0.15) is 22.5 Å². The normalized spacial score (nSPS) is 11.0. The number of pyridine rings is 1. The van der Waals surface area contributed by atoms with E-state index in [0.29, 0.717) is 5.56 Å². The van der Waals surface area contributed by atoms with Crippen LogP contribution in [0.2, 0.25) is 0 Å². The summed E-state index contributed by atoms with van der Waals surface area (Å²) in [6.07, 6.45) is 3.19. The van der Waals surface area contributed by atoms with Gasteiger partial charge in [0.15, 0.2) is 0 Å². The molecule has 0 radical (unpaired) electrons. The van der Waals surface area contributed by atoms with Gasteiger partial charge in [-0.3, -0.25) is 10.1 Å². The molecule has 2 aromatic rings. The first-order valence-corrected chi connectivity index (χ1v) is 7.18. The van der Waals surface area contributed by atoms with E-state index >= 15 is 0 Å². The Balaban J connectivity index is 2.46. The SMILES string of the molecule is Cc1ccc(-n2c(C)cc(/C=C(/C#N)C(=O)NC(N)=O)c2C)nc1. The molecule has 3 N–H and O–H groups in total. The Labute approximate surface area is 139 Å². The molecule has 0 aliphatic carbocycles. The number of carbonyl (C=O) groups is 2. The number of nitriles is 1. The molecule has 0 bridgehead atoms. The number of urea groups is 1. The van der Waals surface area contributed by atoms with Crippen LogP contribution in [0.25, 0.3) is 11.9 Å². The fourth-order valence-electron chi connectivity index (χ4n) is 2.36. The minimum Gasteiger partial charge on any atom is -0.351 e. The third-order valence-corrected chi connectivity index (χ3v) is 3.50. The number of nitrogens with two attached hydrogens (primary N) is 1. The van der Waals surface area contributed by atoms with E-state index in [1.165, 1.54) is 6.08 Å². The van der Waals surface area contributed by atoms with Gasteiger partial charge in [-0.25, -0.2) is 9.78 Å². The predicted octanol–water partition coefficient (Wildman–Crippen LogP) is 1.90. The fraction of sp³-hybridized carbons (Fsp3) is 0.176. The summed E-state index contributed by atoms with van der Waals surface area (Å²) in [5.41, 5.74) is 8.17. The molecule has 0 fully saturated rings. The van der Waals surface area contributed by atoms with Crippen molar-refractivity contribution in [2.45, 2.75) is 20.8 Å². The van der Waals surface area contributed by atoms with E-state index in [2.05, 4.69) is 4.98 Å². The monoisotopic (exact) mass is 323 g/mol. The number of nitrogens with one attached hydrogen (secondary N) is 1. The van der Waals surface area contributed by atoms with Gasteiger partial charge in [0.2, 0.25) is 0 Å². The number of rotatable bonds is 3. The second-order valence-electron chi connectivity index (χ2n) is 5.34. The first-order valence-electron chi connectivity index (χ1n) is 7.18. The van der Waals surface area contributed by atoms with Crippen molar-refractivity contribution in [1.29, 1.82) is 5.26 Å². The molecular formula is C17H17N5O2. The highest BCUT2D eigenvalue weighted by Gasteiger charge is 2.15. The maximum Gasteiger partial charge on any atom is 0.319 e. The number of carbonyl (C=O) groups excluding carboxylic acids is 2. The second kappa shape index (κ2) is 6.79. The van der Waals surface area contributed by atoms with Crippen LogP contribution in [0.3, 0.4) is 0 Å². The molecule has 7 nitrogen and oxygen atoms in total. The summed E-state index contributed by atoms with van der Waals surface area (Å²) >= 11 is 0. The molecular weight excluding hydrogens is 306 g/mol. The molecule has 0 atom stereocenters. The standard InChI is InChI=1S/C17H17N5O2/c1-10-4-5-15(20-9-10)22-11(2)6-13(12(22)3)7-14(8-18)16(23)21-17(19)24/h4-7,9H,1-3H3,(H3,19,21,23,24)/b14-7-. The number of aromatic nitrogens is 2. The first kappa shape index (κ1) is 17.0. The smallest absolute Gasteiger partial charge is 0.319 e. The number of nitrogens with zero attached hydrogens (tertiary/aromatic N) is 3. The zero-order valence-corrected chi connectivity index (χ0v) is 13.6. The fourth-order valence-corrected chi connectivity index (χ4v) is 2.36. The van der Waals surface area contributed by atoms with Gasteiger partial charge in [0.1, 0.15) is 17.5 Å². The molecule has 3 amide bonds. The molecule has 0 saturated heterocycles. The summed E-state index contributed by atoms with van der Waals surface area (Å²) in [5, 5.41) is 11.0. The highest BCUT2D eigenvalue weighted by molar-refractivity contribution is 6.08. The molecule has 0 saturated carbocycles. The van der Waals surface area contributed by atoms with Crippen molar-refractivity contribution in [3.8, 4) is 11.9 Å². The Kier molecular flexibility index (Phi) is 4.80. The zero-order valence-electron chi connectivity index (χ0n) is 13.6. The Bertz CT molecular complexity index is 870. The number of aryl methyl sites for hydroxylation is 2. The molecule has 0 unspecified atom stereocenters.